The molecule has 0 radical (unpaired) electrons. The van der Waals surface area contributed by atoms with Crippen molar-refractivity contribution < 1.29 is 0 Å². The number of aromatic nitrogens is 2. The maximum atomic E-state index is 6.04. The predicted molar refractivity (Wildman–Crippen MR) is 81.3 cm³/mol. The van der Waals surface area contributed by atoms with E-state index in [0.29, 0.717) is 5.02 Å². The van der Waals surface area contributed by atoms with Crippen LogP contribution in [0.2, 0.25) is 5.02 Å². The Balaban J connectivity index is 2.34. The minimum Gasteiger partial charge on any atom is -0.306 e. The molecule has 1 heterocycles. The molecule has 0 aliphatic heterocycles. The van der Waals surface area contributed by atoms with E-state index in [0.717, 1.165) is 28.6 Å². The van der Waals surface area contributed by atoms with E-state index in [9.17, 15) is 0 Å². The normalized spacial score (nSPS) is 12.4. The van der Waals surface area contributed by atoms with Crippen LogP contribution in [0.3, 0.4) is 0 Å². The van der Waals surface area contributed by atoms with Gasteiger partial charge in [-0.25, -0.2) is 9.97 Å². The van der Waals surface area contributed by atoms with Crippen molar-refractivity contribution in [3.63, 3.8) is 0 Å². The molecule has 1 atom stereocenters. The molecule has 0 spiro atoms. The fraction of sp³-hybridized carbons (Fsp3) is 0.286. The number of halogens is 2. The van der Waals surface area contributed by atoms with Gasteiger partial charge in [0.05, 0.1) is 11.1 Å². The highest BCUT2D eigenvalue weighted by atomic mass is 79.9. The third-order valence-electron chi connectivity index (χ3n) is 2.79. The molecule has 5 heteroatoms. The van der Waals surface area contributed by atoms with Gasteiger partial charge >= 0.3 is 0 Å². The summed E-state index contributed by atoms with van der Waals surface area (Å²) >= 11 is 9.51. The van der Waals surface area contributed by atoms with E-state index < -0.39 is 0 Å². The zero-order valence-electron chi connectivity index (χ0n) is 10.6. The quantitative estimate of drug-likeness (QED) is 0.894. The van der Waals surface area contributed by atoms with Crippen molar-refractivity contribution in [3.8, 4) is 0 Å². The van der Waals surface area contributed by atoms with Crippen LogP contribution in [0, 0.1) is 0 Å². The third kappa shape index (κ3) is 3.75. The summed E-state index contributed by atoms with van der Waals surface area (Å²) in [5, 5.41) is 4.22. The van der Waals surface area contributed by atoms with Gasteiger partial charge in [-0.05, 0) is 46.6 Å². The van der Waals surface area contributed by atoms with Crippen LogP contribution in [-0.2, 0) is 0 Å². The molecule has 0 fully saturated rings. The van der Waals surface area contributed by atoms with E-state index >= 15 is 0 Å². The average molecular weight is 341 g/mol. The van der Waals surface area contributed by atoms with Gasteiger partial charge in [-0.2, -0.15) is 0 Å². The zero-order chi connectivity index (χ0) is 13.7. The molecule has 0 bridgehead atoms. The Morgan fingerprint density at radius 1 is 1.26 bits per heavy atom. The van der Waals surface area contributed by atoms with Crippen molar-refractivity contribution >= 4 is 27.5 Å². The molecule has 19 heavy (non-hydrogen) atoms. The highest BCUT2D eigenvalue weighted by Crippen LogP contribution is 2.28. The van der Waals surface area contributed by atoms with Gasteiger partial charge in [0.2, 0.25) is 0 Å². The molecule has 1 unspecified atom stereocenters. The van der Waals surface area contributed by atoms with Gasteiger partial charge in [0, 0.05) is 22.4 Å². The molecule has 3 nitrogen and oxygen atoms in total. The smallest absolute Gasteiger partial charge is 0.115 e. The van der Waals surface area contributed by atoms with Crippen LogP contribution < -0.4 is 5.32 Å². The van der Waals surface area contributed by atoms with Gasteiger partial charge in [-0.15, -0.1) is 0 Å². The number of hydrogen-bond donors (Lipinski definition) is 1. The van der Waals surface area contributed by atoms with Crippen LogP contribution in [0.4, 0.5) is 0 Å². The van der Waals surface area contributed by atoms with E-state index in [4.69, 9.17) is 11.6 Å². The second-order valence-corrected chi connectivity index (χ2v) is 5.49. The molecule has 1 aromatic carbocycles. The first-order valence-corrected chi connectivity index (χ1v) is 7.32. The van der Waals surface area contributed by atoms with Crippen molar-refractivity contribution in [2.75, 3.05) is 6.54 Å². The first kappa shape index (κ1) is 14.4. The second-order valence-electron chi connectivity index (χ2n) is 4.23. The van der Waals surface area contributed by atoms with Crippen LogP contribution in [0.5, 0.6) is 0 Å². The van der Waals surface area contributed by atoms with E-state index in [-0.39, 0.29) is 6.04 Å². The topological polar surface area (TPSA) is 37.8 Å². The lowest BCUT2D eigenvalue weighted by molar-refractivity contribution is 0.595. The summed E-state index contributed by atoms with van der Waals surface area (Å²) in [5.41, 5.74) is 2.18. The molecule has 0 aliphatic carbocycles. The fourth-order valence-corrected chi connectivity index (χ4v) is 2.38. The monoisotopic (exact) mass is 339 g/mol. The summed E-state index contributed by atoms with van der Waals surface area (Å²) in [6.45, 7) is 3.07. The van der Waals surface area contributed by atoms with Crippen LogP contribution in [0.15, 0.2) is 41.4 Å². The van der Waals surface area contributed by atoms with Crippen molar-refractivity contribution in [3.05, 3.63) is 57.5 Å². The Hall–Kier alpha value is -0.970. The maximum absolute atomic E-state index is 6.04. The highest BCUT2D eigenvalue weighted by molar-refractivity contribution is 9.10. The number of nitrogens with zero attached hydrogens (tertiary/aromatic N) is 2. The Morgan fingerprint density at radius 3 is 2.63 bits per heavy atom. The predicted octanol–water partition coefficient (Wildman–Crippen LogP) is 3.98. The van der Waals surface area contributed by atoms with Gasteiger partial charge in [-0.3, -0.25) is 0 Å². The molecule has 0 saturated heterocycles. The van der Waals surface area contributed by atoms with E-state index in [1.54, 1.807) is 0 Å². The van der Waals surface area contributed by atoms with Gasteiger partial charge in [0.25, 0.3) is 0 Å². The van der Waals surface area contributed by atoms with Gasteiger partial charge in [-0.1, -0.05) is 24.6 Å². The highest BCUT2D eigenvalue weighted by Gasteiger charge is 2.14. The molecular weight excluding hydrogens is 326 g/mol. The summed E-state index contributed by atoms with van der Waals surface area (Å²) in [7, 11) is 0. The summed E-state index contributed by atoms with van der Waals surface area (Å²) < 4.78 is 0.895. The van der Waals surface area contributed by atoms with Crippen molar-refractivity contribution in [1.29, 1.82) is 0 Å². The molecular formula is C14H15BrClN3. The molecule has 100 valence electrons. The molecule has 1 aromatic heterocycles. The minimum atomic E-state index is 0.0784. The van der Waals surface area contributed by atoms with Crippen LogP contribution in [0.1, 0.15) is 30.5 Å². The molecule has 1 N–H and O–H groups in total. The lowest BCUT2D eigenvalue weighted by atomic mass is 10.0. The van der Waals surface area contributed by atoms with Crippen molar-refractivity contribution in [2.45, 2.75) is 19.4 Å². The number of hydrogen-bond acceptors (Lipinski definition) is 3. The van der Waals surface area contributed by atoms with Crippen molar-refractivity contribution in [2.24, 2.45) is 0 Å². The molecule has 0 aliphatic rings. The maximum Gasteiger partial charge on any atom is 0.115 e. The van der Waals surface area contributed by atoms with Gasteiger partial charge < -0.3 is 5.32 Å². The Labute approximate surface area is 126 Å². The Kier molecular flexibility index (Phi) is 5.31. The van der Waals surface area contributed by atoms with Gasteiger partial charge in [0.1, 0.15) is 6.33 Å². The number of nitrogens with one attached hydrogen (secondary N) is 1. The van der Waals surface area contributed by atoms with Crippen LogP contribution in [-0.4, -0.2) is 16.5 Å². The molecule has 0 saturated carbocycles. The SMILES string of the molecule is CCCNC(c1cncnc1)c1ccc(Cl)c(Br)c1. The third-order valence-corrected chi connectivity index (χ3v) is 4.00. The Morgan fingerprint density at radius 2 is 2.00 bits per heavy atom. The zero-order valence-corrected chi connectivity index (χ0v) is 12.9. The molecule has 2 rings (SSSR count). The second kappa shape index (κ2) is 6.98. The first-order valence-electron chi connectivity index (χ1n) is 6.15. The summed E-state index contributed by atoms with van der Waals surface area (Å²) in [6, 6.07) is 6.02. The number of rotatable bonds is 5. The average Bonchev–Trinajstić information content (AvgIpc) is 2.44. The van der Waals surface area contributed by atoms with Crippen LogP contribution >= 0.6 is 27.5 Å². The molecule has 2 aromatic rings. The lowest BCUT2D eigenvalue weighted by Gasteiger charge is -2.19. The Bertz CT molecular complexity index is 533. The fourth-order valence-electron chi connectivity index (χ4n) is 1.87. The largest absolute Gasteiger partial charge is 0.306 e. The summed E-state index contributed by atoms with van der Waals surface area (Å²) in [6.07, 6.45) is 6.28. The van der Waals surface area contributed by atoms with Crippen LogP contribution in [0.25, 0.3) is 0 Å². The van der Waals surface area contributed by atoms with Crippen molar-refractivity contribution in [1.82, 2.24) is 15.3 Å². The minimum absolute atomic E-state index is 0.0784. The summed E-state index contributed by atoms with van der Waals surface area (Å²) in [4.78, 5) is 8.18. The van der Waals surface area contributed by atoms with Gasteiger partial charge in [0.15, 0.2) is 0 Å². The standard InChI is InChI=1S/C14H15BrClN3/c1-2-5-19-14(11-7-17-9-18-8-11)10-3-4-13(16)12(15)6-10/h3-4,6-9,14,19H,2,5H2,1H3. The number of benzene rings is 1. The summed E-state index contributed by atoms with van der Waals surface area (Å²) in [5.74, 6) is 0. The van der Waals surface area contributed by atoms with E-state index in [1.165, 1.54) is 6.33 Å². The van der Waals surface area contributed by atoms with E-state index in [1.807, 2.05) is 30.6 Å². The lowest BCUT2D eigenvalue weighted by Crippen LogP contribution is -2.23. The first-order chi connectivity index (χ1) is 9.22. The van der Waals surface area contributed by atoms with E-state index in [2.05, 4.69) is 38.1 Å². The molecule has 0 amide bonds.